The van der Waals surface area contributed by atoms with Crippen LogP contribution in [0.15, 0.2) is 47.3 Å². The minimum Gasteiger partial charge on any atom is -0.437 e. The number of carbonyl (C=O) groups excluding carboxylic acids is 2. The fourth-order valence-corrected chi connectivity index (χ4v) is 3.62. The van der Waals surface area contributed by atoms with Crippen LogP contribution in [0, 0.1) is 5.82 Å². The molecule has 4 rings (SSSR count). The van der Waals surface area contributed by atoms with Crippen molar-refractivity contribution in [3.05, 3.63) is 64.2 Å². The Kier molecular flexibility index (Phi) is 6.22. The number of carbonyl (C=O) groups is 2. The van der Waals surface area contributed by atoms with Crippen molar-refractivity contribution in [3.8, 4) is 11.6 Å². The van der Waals surface area contributed by atoms with E-state index in [1.54, 1.807) is 24.3 Å². The second kappa shape index (κ2) is 9.12. The molecule has 12 heteroatoms. The molecule has 1 aliphatic rings. The maximum absolute atomic E-state index is 14.5. The fraction of sp³-hybridized carbons (Fsp3) is 0.273. The van der Waals surface area contributed by atoms with Crippen molar-refractivity contribution >= 4 is 22.6 Å². The molecule has 2 heterocycles. The highest BCUT2D eigenvalue weighted by Crippen LogP contribution is 2.28. The molecule has 0 unspecified atom stereocenters. The van der Waals surface area contributed by atoms with Crippen molar-refractivity contribution in [1.82, 2.24) is 20.0 Å². The smallest absolute Gasteiger partial charge is 0.397 e. The van der Waals surface area contributed by atoms with Gasteiger partial charge in [-0.1, -0.05) is 12.1 Å². The lowest BCUT2D eigenvalue weighted by Gasteiger charge is -2.35. The van der Waals surface area contributed by atoms with Gasteiger partial charge in [0.15, 0.2) is 0 Å². The lowest BCUT2D eigenvalue weighted by Crippen LogP contribution is -2.51. The molecule has 1 saturated heterocycles. The van der Waals surface area contributed by atoms with E-state index in [0.29, 0.717) is 10.8 Å². The third-order valence-electron chi connectivity index (χ3n) is 5.32. The lowest BCUT2D eigenvalue weighted by atomic mass is 10.1. The van der Waals surface area contributed by atoms with E-state index in [4.69, 9.17) is 4.74 Å². The molecule has 0 aliphatic carbocycles. The molecule has 2 amide bonds. The van der Waals surface area contributed by atoms with Crippen LogP contribution in [0.1, 0.15) is 16.8 Å². The first kappa shape index (κ1) is 23.2. The zero-order chi connectivity index (χ0) is 24.5. The Morgan fingerprint density at radius 2 is 1.65 bits per heavy atom. The fourth-order valence-electron chi connectivity index (χ4n) is 3.62. The number of piperazine rings is 1. The number of benzene rings is 2. The maximum Gasteiger partial charge on any atom is 0.397 e. The van der Waals surface area contributed by atoms with E-state index in [1.165, 1.54) is 17.0 Å². The number of nitrogens with zero attached hydrogens (tertiary/aromatic N) is 3. The van der Waals surface area contributed by atoms with Crippen molar-refractivity contribution in [1.29, 1.82) is 0 Å². The Morgan fingerprint density at radius 1 is 1.00 bits per heavy atom. The summed E-state index contributed by atoms with van der Waals surface area (Å²) in [5.74, 6) is -2.43. The first-order valence-electron chi connectivity index (χ1n) is 10.2. The molecule has 34 heavy (non-hydrogen) atoms. The molecule has 0 spiro atoms. The van der Waals surface area contributed by atoms with E-state index >= 15 is 0 Å². The summed E-state index contributed by atoms with van der Waals surface area (Å²) >= 11 is 0. The van der Waals surface area contributed by atoms with E-state index in [1.807, 2.05) is 0 Å². The number of hydrogen-bond donors (Lipinski definition) is 1. The Labute approximate surface area is 189 Å². The van der Waals surface area contributed by atoms with Gasteiger partial charge in [0.1, 0.15) is 18.0 Å². The molecular weight excluding hydrogens is 460 g/mol. The Morgan fingerprint density at radius 3 is 2.32 bits per heavy atom. The normalized spacial score (nSPS) is 14.4. The van der Waals surface area contributed by atoms with Gasteiger partial charge in [0.05, 0.1) is 16.3 Å². The predicted octanol–water partition coefficient (Wildman–Crippen LogP) is 3.09. The molecule has 178 valence electrons. The van der Waals surface area contributed by atoms with Crippen LogP contribution in [0.25, 0.3) is 10.8 Å². The Bertz CT molecular complexity index is 1300. The summed E-state index contributed by atoms with van der Waals surface area (Å²) in [5.41, 5.74) is -0.716. The van der Waals surface area contributed by atoms with E-state index in [-0.39, 0.29) is 43.4 Å². The van der Waals surface area contributed by atoms with E-state index < -0.39 is 35.8 Å². The number of hydrogen-bond acceptors (Lipinski definition) is 5. The van der Waals surface area contributed by atoms with Crippen molar-refractivity contribution in [2.24, 2.45) is 0 Å². The molecule has 1 fully saturated rings. The van der Waals surface area contributed by atoms with Gasteiger partial charge in [-0.3, -0.25) is 14.4 Å². The number of ether oxygens (including phenoxy) is 1. The van der Waals surface area contributed by atoms with Gasteiger partial charge in [0.25, 0.3) is 11.5 Å². The van der Waals surface area contributed by atoms with Gasteiger partial charge in [-0.2, -0.15) is 13.2 Å². The second-order valence-corrected chi connectivity index (χ2v) is 7.61. The van der Waals surface area contributed by atoms with Gasteiger partial charge in [-0.05, 0) is 30.3 Å². The molecular formula is C22H18F4N4O4. The molecule has 1 aliphatic heterocycles. The van der Waals surface area contributed by atoms with Crippen LogP contribution in [0.2, 0.25) is 0 Å². The number of H-pyrrole nitrogens is 1. The number of aromatic nitrogens is 2. The third kappa shape index (κ3) is 5.00. The van der Waals surface area contributed by atoms with Crippen molar-refractivity contribution in [3.63, 3.8) is 0 Å². The zero-order valence-electron chi connectivity index (χ0n) is 17.6. The summed E-state index contributed by atoms with van der Waals surface area (Å²) in [4.78, 5) is 38.8. The highest BCUT2D eigenvalue weighted by atomic mass is 19.4. The van der Waals surface area contributed by atoms with Crippen molar-refractivity contribution in [2.45, 2.75) is 12.6 Å². The molecule has 0 atom stereocenters. The highest BCUT2D eigenvalue weighted by molar-refractivity contribution is 5.95. The highest BCUT2D eigenvalue weighted by Gasteiger charge is 2.35. The minimum absolute atomic E-state index is 0.0426. The molecule has 0 bridgehead atoms. The first-order valence-corrected chi connectivity index (χ1v) is 10.2. The number of rotatable bonds is 4. The summed E-state index contributed by atoms with van der Waals surface area (Å²) in [6.07, 6.45) is -6.18. The first-order chi connectivity index (χ1) is 16.1. The largest absolute Gasteiger partial charge is 0.437 e. The van der Waals surface area contributed by atoms with Gasteiger partial charge < -0.3 is 14.5 Å². The SMILES string of the molecule is O=C(CC(F)(F)F)N1CCN(C(=O)c2cc(Oc3n[nH]c(=O)c4ccccc34)ccc2F)CC1. The van der Waals surface area contributed by atoms with E-state index in [2.05, 4.69) is 10.2 Å². The van der Waals surface area contributed by atoms with Crippen LogP contribution in [-0.4, -0.2) is 64.2 Å². The van der Waals surface area contributed by atoms with Crippen LogP contribution in [0.5, 0.6) is 11.6 Å². The van der Waals surface area contributed by atoms with Gasteiger partial charge >= 0.3 is 6.18 Å². The number of amides is 2. The summed E-state index contributed by atoms with van der Waals surface area (Å²) in [7, 11) is 0. The zero-order valence-corrected chi connectivity index (χ0v) is 17.6. The van der Waals surface area contributed by atoms with E-state index in [0.717, 1.165) is 11.0 Å². The number of halogens is 4. The molecule has 3 aromatic rings. The summed E-state index contributed by atoms with van der Waals surface area (Å²) in [5, 5.41) is 6.94. The lowest BCUT2D eigenvalue weighted by molar-refractivity contribution is -0.162. The predicted molar refractivity (Wildman–Crippen MR) is 112 cm³/mol. The standard InChI is InChI=1S/C22H18F4N4O4/c23-17-6-5-13(34-20-15-4-2-1-3-14(15)19(32)27-28-20)11-16(17)21(33)30-9-7-29(8-10-30)18(31)12-22(24,25)26/h1-6,11H,7-10,12H2,(H,27,32). The Balaban J connectivity index is 1.49. The molecule has 1 N–H and O–H groups in total. The number of nitrogens with one attached hydrogen (secondary N) is 1. The summed E-state index contributed by atoms with van der Waals surface area (Å²) in [6.45, 7) is -0.268. The Hall–Kier alpha value is -3.96. The average molecular weight is 478 g/mol. The average Bonchev–Trinajstić information content (AvgIpc) is 2.81. The molecule has 8 nitrogen and oxygen atoms in total. The van der Waals surface area contributed by atoms with Crippen LogP contribution in [-0.2, 0) is 4.79 Å². The van der Waals surface area contributed by atoms with E-state index in [9.17, 15) is 31.9 Å². The third-order valence-corrected chi connectivity index (χ3v) is 5.32. The summed E-state index contributed by atoms with van der Waals surface area (Å²) < 4.78 is 57.5. The van der Waals surface area contributed by atoms with Gasteiger partial charge in [0, 0.05) is 26.2 Å². The van der Waals surface area contributed by atoms with Crippen LogP contribution < -0.4 is 10.3 Å². The quantitative estimate of drug-likeness (QED) is 0.582. The molecule has 0 radical (unpaired) electrons. The van der Waals surface area contributed by atoms with Crippen molar-refractivity contribution in [2.75, 3.05) is 26.2 Å². The number of fused-ring (bicyclic) bond motifs is 1. The number of alkyl halides is 3. The topological polar surface area (TPSA) is 95.6 Å². The van der Waals surface area contributed by atoms with Gasteiger partial charge in [-0.15, -0.1) is 5.10 Å². The number of aromatic amines is 1. The van der Waals surface area contributed by atoms with Crippen molar-refractivity contribution < 1.29 is 31.9 Å². The van der Waals surface area contributed by atoms with Crippen LogP contribution in [0.3, 0.4) is 0 Å². The molecule has 2 aromatic carbocycles. The monoisotopic (exact) mass is 478 g/mol. The van der Waals surface area contributed by atoms with Crippen LogP contribution >= 0.6 is 0 Å². The minimum atomic E-state index is -4.61. The molecule has 1 aromatic heterocycles. The second-order valence-electron chi connectivity index (χ2n) is 7.61. The molecule has 0 saturated carbocycles. The van der Waals surface area contributed by atoms with Gasteiger partial charge in [-0.25, -0.2) is 9.49 Å². The maximum atomic E-state index is 14.5. The summed E-state index contributed by atoms with van der Waals surface area (Å²) in [6, 6.07) is 10.1. The van der Waals surface area contributed by atoms with Crippen LogP contribution in [0.4, 0.5) is 17.6 Å². The van der Waals surface area contributed by atoms with Gasteiger partial charge in [0.2, 0.25) is 11.8 Å².